The predicted molar refractivity (Wildman–Crippen MR) is 93.6 cm³/mol. The number of likely N-dealkylation sites (N-methyl/N-ethyl adjacent to an activating group) is 1. The predicted octanol–water partition coefficient (Wildman–Crippen LogP) is 1.12. The molecule has 2 aromatic heterocycles. The number of nitrogens with one attached hydrogen (secondary N) is 2. The molecular formula is C16H27N7. The van der Waals surface area contributed by atoms with Crippen molar-refractivity contribution in [2.45, 2.75) is 33.4 Å². The molecule has 2 heterocycles. The van der Waals surface area contributed by atoms with Crippen LogP contribution in [0.5, 0.6) is 0 Å². The van der Waals surface area contributed by atoms with Gasteiger partial charge in [-0.15, -0.1) is 10.2 Å². The molecule has 0 saturated carbocycles. The van der Waals surface area contributed by atoms with Crippen molar-refractivity contribution in [3.05, 3.63) is 30.2 Å². The van der Waals surface area contributed by atoms with Gasteiger partial charge in [0.25, 0.3) is 0 Å². The molecule has 0 aliphatic heterocycles. The van der Waals surface area contributed by atoms with Gasteiger partial charge in [0.15, 0.2) is 17.4 Å². The first kappa shape index (κ1) is 17.2. The molecule has 0 bridgehead atoms. The fourth-order valence-corrected chi connectivity index (χ4v) is 2.62. The van der Waals surface area contributed by atoms with Gasteiger partial charge in [0.2, 0.25) is 0 Å². The Morgan fingerprint density at radius 1 is 1.26 bits per heavy atom. The minimum atomic E-state index is 0.456. The fourth-order valence-electron chi connectivity index (χ4n) is 2.62. The van der Waals surface area contributed by atoms with E-state index in [1.807, 2.05) is 28.8 Å². The molecule has 0 spiro atoms. The highest BCUT2D eigenvalue weighted by atomic mass is 15.3. The Labute approximate surface area is 137 Å². The number of pyridine rings is 1. The average Bonchev–Trinajstić information content (AvgIpc) is 2.99. The number of aliphatic imine (C=N–C) groups is 1. The molecule has 1 atom stereocenters. The average molecular weight is 317 g/mol. The van der Waals surface area contributed by atoms with E-state index in [2.05, 4.69) is 51.5 Å². The second-order valence-corrected chi connectivity index (χ2v) is 5.42. The van der Waals surface area contributed by atoms with Gasteiger partial charge in [-0.2, -0.15) is 0 Å². The molecular weight excluding hydrogens is 290 g/mol. The number of nitrogens with zero attached hydrogens (tertiary/aromatic N) is 5. The number of aromatic nitrogens is 3. The van der Waals surface area contributed by atoms with Crippen LogP contribution in [-0.4, -0.2) is 58.2 Å². The molecule has 126 valence electrons. The second kappa shape index (κ2) is 8.47. The minimum Gasteiger partial charge on any atom is -0.355 e. The third-order valence-corrected chi connectivity index (χ3v) is 4.02. The van der Waals surface area contributed by atoms with E-state index in [1.165, 1.54) is 0 Å². The van der Waals surface area contributed by atoms with Crippen molar-refractivity contribution in [2.24, 2.45) is 4.99 Å². The van der Waals surface area contributed by atoms with E-state index in [-0.39, 0.29) is 0 Å². The first-order valence-electron chi connectivity index (χ1n) is 8.16. The van der Waals surface area contributed by atoms with Crippen LogP contribution in [0.3, 0.4) is 0 Å². The highest BCUT2D eigenvalue weighted by Crippen LogP contribution is 2.02. The van der Waals surface area contributed by atoms with Crippen LogP contribution in [0.4, 0.5) is 0 Å². The van der Waals surface area contributed by atoms with Crippen molar-refractivity contribution >= 4 is 11.6 Å². The zero-order valence-electron chi connectivity index (χ0n) is 14.5. The monoisotopic (exact) mass is 317 g/mol. The van der Waals surface area contributed by atoms with E-state index >= 15 is 0 Å². The summed E-state index contributed by atoms with van der Waals surface area (Å²) in [5, 5.41) is 15.0. The summed E-state index contributed by atoms with van der Waals surface area (Å²) in [6.07, 6.45) is 1.96. The van der Waals surface area contributed by atoms with Crippen molar-refractivity contribution in [3.8, 4) is 0 Å². The fraction of sp³-hybridized carbons (Fsp3) is 0.562. The van der Waals surface area contributed by atoms with Crippen molar-refractivity contribution < 1.29 is 0 Å². The number of fused-ring (bicyclic) bond motifs is 1. The molecule has 0 radical (unpaired) electrons. The minimum absolute atomic E-state index is 0.456. The van der Waals surface area contributed by atoms with Gasteiger partial charge in [-0.3, -0.25) is 14.3 Å². The maximum Gasteiger partial charge on any atom is 0.191 e. The van der Waals surface area contributed by atoms with Crippen molar-refractivity contribution in [2.75, 3.05) is 26.7 Å². The normalized spacial score (nSPS) is 13.5. The van der Waals surface area contributed by atoms with E-state index in [9.17, 15) is 0 Å². The van der Waals surface area contributed by atoms with E-state index < -0.39 is 0 Å². The number of hydrogen-bond donors (Lipinski definition) is 2. The standard InChI is InChI=1S/C16H27N7/c1-5-22(6-2)13(3)11-18-16(17-4)19-12-15-21-20-14-9-7-8-10-23(14)15/h7-10,13H,5-6,11-12H2,1-4H3,(H2,17,18,19). The summed E-state index contributed by atoms with van der Waals surface area (Å²) >= 11 is 0. The van der Waals surface area contributed by atoms with Crippen LogP contribution >= 0.6 is 0 Å². The molecule has 0 aromatic carbocycles. The van der Waals surface area contributed by atoms with Gasteiger partial charge in [0, 0.05) is 25.8 Å². The lowest BCUT2D eigenvalue weighted by Crippen LogP contribution is -2.45. The molecule has 0 fully saturated rings. The summed E-state index contributed by atoms with van der Waals surface area (Å²) in [7, 11) is 1.78. The van der Waals surface area contributed by atoms with Crippen molar-refractivity contribution in [1.29, 1.82) is 0 Å². The Balaban J connectivity index is 1.88. The molecule has 7 heteroatoms. The van der Waals surface area contributed by atoms with Gasteiger partial charge in [-0.05, 0) is 32.1 Å². The third kappa shape index (κ3) is 4.41. The Morgan fingerprint density at radius 3 is 2.74 bits per heavy atom. The van der Waals surface area contributed by atoms with Crippen molar-refractivity contribution in [1.82, 2.24) is 30.1 Å². The molecule has 0 saturated heterocycles. The van der Waals surface area contributed by atoms with Crippen LogP contribution in [0.25, 0.3) is 5.65 Å². The maximum absolute atomic E-state index is 4.27. The van der Waals surface area contributed by atoms with Crippen LogP contribution in [0.1, 0.15) is 26.6 Å². The van der Waals surface area contributed by atoms with Gasteiger partial charge in [-0.1, -0.05) is 19.9 Å². The molecule has 0 aliphatic carbocycles. The SMILES string of the molecule is CCN(CC)C(C)CNC(=NC)NCc1nnc2ccccn12. The number of hydrogen-bond acceptors (Lipinski definition) is 4. The summed E-state index contributed by atoms with van der Waals surface area (Å²) in [5.74, 6) is 1.64. The summed E-state index contributed by atoms with van der Waals surface area (Å²) in [5.41, 5.74) is 0.849. The molecule has 2 N–H and O–H groups in total. The summed E-state index contributed by atoms with van der Waals surface area (Å²) < 4.78 is 1.97. The van der Waals surface area contributed by atoms with E-state index in [0.717, 1.165) is 37.1 Å². The summed E-state index contributed by atoms with van der Waals surface area (Å²) in [6, 6.07) is 6.32. The lowest BCUT2D eigenvalue weighted by atomic mass is 10.3. The molecule has 0 amide bonds. The lowest BCUT2D eigenvalue weighted by molar-refractivity contribution is 0.231. The maximum atomic E-state index is 4.27. The van der Waals surface area contributed by atoms with Gasteiger partial charge < -0.3 is 10.6 Å². The quantitative estimate of drug-likeness (QED) is 0.592. The summed E-state index contributed by atoms with van der Waals surface area (Å²) in [4.78, 5) is 6.68. The highest BCUT2D eigenvalue weighted by molar-refractivity contribution is 5.79. The Kier molecular flexibility index (Phi) is 6.34. The first-order valence-corrected chi connectivity index (χ1v) is 8.16. The van der Waals surface area contributed by atoms with Crippen LogP contribution in [0, 0.1) is 0 Å². The molecule has 0 aliphatic rings. The first-order chi connectivity index (χ1) is 11.2. The third-order valence-electron chi connectivity index (χ3n) is 4.02. The molecule has 7 nitrogen and oxygen atoms in total. The largest absolute Gasteiger partial charge is 0.355 e. The Hall–Kier alpha value is -2.15. The van der Waals surface area contributed by atoms with Gasteiger partial charge >= 0.3 is 0 Å². The van der Waals surface area contributed by atoms with E-state index in [4.69, 9.17) is 0 Å². The molecule has 1 unspecified atom stereocenters. The number of rotatable bonds is 7. The Bertz CT molecular complexity index is 630. The van der Waals surface area contributed by atoms with Crippen molar-refractivity contribution in [3.63, 3.8) is 0 Å². The lowest BCUT2D eigenvalue weighted by Gasteiger charge is -2.27. The highest BCUT2D eigenvalue weighted by Gasteiger charge is 2.11. The van der Waals surface area contributed by atoms with Crippen LogP contribution in [-0.2, 0) is 6.54 Å². The Morgan fingerprint density at radius 2 is 2.04 bits per heavy atom. The molecule has 2 rings (SSSR count). The van der Waals surface area contributed by atoms with Crippen LogP contribution < -0.4 is 10.6 Å². The van der Waals surface area contributed by atoms with Gasteiger partial charge in [-0.25, -0.2) is 0 Å². The van der Waals surface area contributed by atoms with Crippen LogP contribution in [0.15, 0.2) is 29.4 Å². The zero-order chi connectivity index (χ0) is 16.7. The number of guanidine groups is 1. The second-order valence-electron chi connectivity index (χ2n) is 5.42. The van der Waals surface area contributed by atoms with Gasteiger partial charge in [0.1, 0.15) is 0 Å². The van der Waals surface area contributed by atoms with E-state index in [0.29, 0.717) is 12.6 Å². The van der Waals surface area contributed by atoms with E-state index in [1.54, 1.807) is 7.05 Å². The smallest absolute Gasteiger partial charge is 0.191 e. The van der Waals surface area contributed by atoms with Crippen LogP contribution in [0.2, 0.25) is 0 Å². The summed E-state index contributed by atoms with van der Waals surface area (Å²) in [6.45, 7) is 10.1. The molecule has 23 heavy (non-hydrogen) atoms. The zero-order valence-corrected chi connectivity index (χ0v) is 14.5. The van der Waals surface area contributed by atoms with Gasteiger partial charge in [0.05, 0.1) is 6.54 Å². The topological polar surface area (TPSA) is 69.8 Å². The molecule has 2 aromatic rings.